The first-order chi connectivity index (χ1) is 9.19. The summed E-state index contributed by atoms with van der Waals surface area (Å²) in [5, 5.41) is 2.57. The predicted molar refractivity (Wildman–Crippen MR) is 74.6 cm³/mol. The molecular weight excluding hydrogens is 241 g/mol. The fraction of sp³-hybridized carbons (Fsp3) is 0.188. The predicted octanol–water partition coefficient (Wildman–Crippen LogP) is 3.57. The van der Waals surface area contributed by atoms with Crippen molar-refractivity contribution in [3.8, 4) is 0 Å². The zero-order valence-corrected chi connectivity index (χ0v) is 10.8. The Morgan fingerprint density at radius 1 is 1.05 bits per heavy atom. The van der Waals surface area contributed by atoms with Crippen LogP contribution < -0.4 is 5.32 Å². The molecule has 0 aliphatic carbocycles. The molecule has 0 aromatic heterocycles. The van der Waals surface area contributed by atoms with Gasteiger partial charge in [0, 0.05) is 0 Å². The highest BCUT2D eigenvalue weighted by atomic mass is 19.1. The molecule has 2 aromatic rings. The van der Waals surface area contributed by atoms with Crippen LogP contribution in [0.25, 0.3) is 0 Å². The lowest BCUT2D eigenvalue weighted by Gasteiger charge is -2.06. The number of hydrogen-bond donors (Lipinski definition) is 1. The Morgan fingerprint density at radius 2 is 1.68 bits per heavy atom. The highest BCUT2D eigenvalue weighted by Crippen LogP contribution is 2.13. The molecule has 0 spiro atoms. The Hall–Kier alpha value is -2.16. The van der Waals surface area contributed by atoms with Gasteiger partial charge in [-0.2, -0.15) is 0 Å². The van der Waals surface area contributed by atoms with Crippen molar-refractivity contribution in [2.24, 2.45) is 0 Å². The van der Waals surface area contributed by atoms with Crippen molar-refractivity contribution in [2.75, 3.05) is 5.32 Å². The molecule has 3 heteroatoms. The maximum Gasteiger partial charge on any atom is 0.228 e. The number of hydrogen-bond acceptors (Lipinski definition) is 1. The molecule has 0 aliphatic heterocycles. The van der Waals surface area contributed by atoms with Crippen LogP contribution in [0.5, 0.6) is 0 Å². The SMILES string of the molecule is CCc1ccc(CC(=O)Nc2ccccc2F)cc1. The number of para-hydroxylation sites is 1. The molecule has 0 aliphatic rings. The fourth-order valence-electron chi connectivity index (χ4n) is 1.84. The van der Waals surface area contributed by atoms with Crippen LogP contribution in [0.1, 0.15) is 18.1 Å². The number of benzene rings is 2. The summed E-state index contributed by atoms with van der Waals surface area (Å²) in [5.41, 5.74) is 2.38. The lowest BCUT2D eigenvalue weighted by Crippen LogP contribution is -2.15. The lowest BCUT2D eigenvalue weighted by molar-refractivity contribution is -0.115. The second-order valence-electron chi connectivity index (χ2n) is 4.37. The molecule has 1 amide bonds. The lowest BCUT2D eigenvalue weighted by atomic mass is 10.1. The average molecular weight is 257 g/mol. The molecule has 0 atom stereocenters. The van der Waals surface area contributed by atoms with Gasteiger partial charge in [-0.15, -0.1) is 0 Å². The van der Waals surface area contributed by atoms with Gasteiger partial charge in [-0.25, -0.2) is 4.39 Å². The Bertz CT molecular complexity index is 563. The summed E-state index contributed by atoms with van der Waals surface area (Å²) >= 11 is 0. The van der Waals surface area contributed by atoms with Crippen molar-refractivity contribution in [3.63, 3.8) is 0 Å². The third-order valence-electron chi connectivity index (χ3n) is 2.94. The maximum atomic E-state index is 13.4. The van der Waals surface area contributed by atoms with Crippen LogP contribution in [0.2, 0.25) is 0 Å². The third-order valence-corrected chi connectivity index (χ3v) is 2.94. The standard InChI is InChI=1S/C16H16FNO/c1-2-12-7-9-13(10-8-12)11-16(19)18-15-6-4-3-5-14(15)17/h3-10H,2,11H2,1H3,(H,18,19). The highest BCUT2D eigenvalue weighted by molar-refractivity contribution is 5.92. The smallest absolute Gasteiger partial charge is 0.228 e. The van der Waals surface area contributed by atoms with E-state index in [4.69, 9.17) is 0 Å². The minimum Gasteiger partial charge on any atom is -0.323 e. The summed E-state index contributed by atoms with van der Waals surface area (Å²) in [6.45, 7) is 2.08. The largest absolute Gasteiger partial charge is 0.323 e. The van der Waals surface area contributed by atoms with E-state index < -0.39 is 5.82 Å². The van der Waals surface area contributed by atoms with Crippen LogP contribution >= 0.6 is 0 Å². The number of nitrogens with one attached hydrogen (secondary N) is 1. The van der Waals surface area contributed by atoms with Crippen molar-refractivity contribution in [1.82, 2.24) is 0 Å². The molecule has 1 N–H and O–H groups in total. The number of halogens is 1. The average Bonchev–Trinajstić information content (AvgIpc) is 2.42. The molecule has 0 heterocycles. The van der Waals surface area contributed by atoms with E-state index in [1.807, 2.05) is 24.3 Å². The van der Waals surface area contributed by atoms with Crippen LogP contribution in [0, 0.1) is 5.82 Å². The zero-order chi connectivity index (χ0) is 13.7. The number of carbonyl (C=O) groups excluding carboxylic acids is 1. The summed E-state index contributed by atoms with van der Waals surface area (Å²) in [5.74, 6) is -0.633. The minimum absolute atomic E-state index is 0.214. The highest BCUT2D eigenvalue weighted by Gasteiger charge is 2.07. The first-order valence-electron chi connectivity index (χ1n) is 6.31. The van der Waals surface area contributed by atoms with E-state index in [1.165, 1.54) is 11.6 Å². The number of rotatable bonds is 4. The van der Waals surface area contributed by atoms with E-state index in [-0.39, 0.29) is 18.0 Å². The van der Waals surface area contributed by atoms with E-state index in [1.54, 1.807) is 18.2 Å². The van der Waals surface area contributed by atoms with Crippen molar-refractivity contribution < 1.29 is 9.18 Å². The summed E-state index contributed by atoms with van der Waals surface area (Å²) in [4.78, 5) is 11.8. The van der Waals surface area contributed by atoms with Gasteiger partial charge in [0.1, 0.15) is 5.82 Å². The van der Waals surface area contributed by atoms with E-state index in [0.29, 0.717) is 0 Å². The van der Waals surface area contributed by atoms with Crippen molar-refractivity contribution in [1.29, 1.82) is 0 Å². The Balaban J connectivity index is 1.99. The monoisotopic (exact) mass is 257 g/mol. The quantitative estimate of drug-likeness (QED) is 0.891. The van der Waals surface area contributed by atoms with Gasteiger partial charge >= 0.3 is 0 Å². The summed E-state index contributed by atoms with van der Waals surface area (Å²) in [6, 6.07) is 14.0. The second kappa shape index (κ2) is 6.14. The molecule has 0 bridgehead atoms. The summed E-state index contributed by atoms with van der Waals surface area (Å²) in [7, 11) is 0. The molecule has 2 rings (SSSR count). The molecule has 0 radical (unpaired) electrons. The normalized spacial score (nSPS) is 10.2. The molecule has 98 valence electrons. The van der Waals surface area contributed by atoms with Crippen molar-refractivity contribution >= 4 is 11.6 Å². The van der Waals surface area contributed by atoms with Crippen LogP contribution in [-0.2, 0) is 17.6 Å². The van der Waals surface area contributed by atoms with Gasteiger partial charge in [-0.3, -0.25) is 4.79 Å². The summed E-state index contributed by atoms with van der Waals surface area (Å²) < 4.78 is 13.4. The van der Waals surface area contributed by atoms with Crippen LogP contribution in [0.15, 0.2) is 48.5 Å². The molecule has 0 fully saturated rings. The molecule has 19 heavy (non-hydrogen) atoms. The first-order valence-corrected chi connectivity index (χ1v) is 6.31. The fourth-order valence-corrected chi connectivity index (χ4v) is 1.84. The van der Waals surface area contributed by atoms with Gasteiger partial charge in [0.25, 0.3) is 0 Å². The molecule has 0 saturated carbocycles. The molecular formula is C16H16FNO. The van der Waals surface area contributed by atoms with E-state index in [0.717, 1.165) is 12.0 Å². The van der Waals surface area contributed by atoms with Crippen LogP contribution in [0.4, 0.5) is 10.1 Å². The van der Waals surface area contributed by atoms with Gasteiger partial charge < -0.3 is 5.32 Å². The summed E-state index contributed by atoms with van der Waals surface area (Å²) in [6.07, 6.45) is 1.22. The Kier molecular flexibility index (Phi) is 4.29. The van der Waals surface area contributed by atoms with Crippen LogP contribution in [0.3, 0.4) is 0 Å². The van der Waals surface area contributed by atoms with Crippen molar-refractivity contribution in [3.05, 3.63) is 65.5 Å². The third kappa shape index (κ3) is 3.65. The number of anilines is 1. The topological polar surface area (TPSA) is 29.1 Å². The van der Waals surface area contributed by atoms with Gasteiger partial charge in [0.05, 0.1) is 12.1 Å². The van der Waals surface area contributed by atoms with Gasteiger partial charge in [-0.05, 0) is 29.7 Å². The first kappa shape index (κ1) is 13.3. The van der Waals surface area contributed by atoms with E-state index in [9.17, 15) is 9.18 Å². The van der Waals surface area contributed by atoms with E-state index in [2.05, 4.69) is 12.2 Å². The van der Waals surface area contributed by atoms with E-state index >= 15 is 0 Å². The number of aryl methyl sites for hydroxylation is 1. The molecule has 0 saturated heterocycles. The minimum atomic E-state index is -0.419. The second-order valence-corrected chi connectivity index (χ2v) is 4.37. The maximum absolute atomic E-state index is 13.4. The van der Waals surface area contributed by atoms with Crippen LogP contribution in [-0.4, -0.2) is 5.91 Å². The number of amides is 1. The Labute approximate surface area is 112 Å². The molecule has 0 unspecified atom stereocenters. The van der Waals surface area contributed by atoms with Crippen molar-refractivity contribution in [2.45, 2.75) is 19.8 Å². The Morgan fingerprint density at radius 3 is 2.32 bits per heavy atom. The van der Waals surface area contributed by atoms with Gasteiger partial charge in [0.15, 0.2) is 0 Å². The van der Waals surface area contributed by atoms with Gasteiger partial charge in [0.2, 0.25) is 5.91 Å². The molecule has 2 aromatic carbocycles. The number of carbonyl (C=O) groups is 1. The van der Waals surface area contributed by atoms with Gasteiger partial charge in [-0.1, -0.05) is 43.3 Å². The molecule has 2 nitrogen and oxygen atoms in total. The zero-order valence-electron chi connectivity index (χ0n) is 10.8.